The second kappa shape index (κ2) is 21.5. The monoisotopic (exact) mass is 1070 g/mol. The lowest BCUT2D eigenvalue weighted by Crippen LogP contribution is -2.12. The molecule has 0 saturated heterocycles. The van der Waals surface area contributed by atoms with E-state index in [1.807, 2.05) is 6.92 Å². The van der Waals surface area contributed by atoms with Gasteiger partial charge in [0.25, 0.3) is 0 Å². The average molecular weight is 1080 g/mol. The van der Waals surface area contributed by atoms with Crippen molar-refractivity contribution in [1.29, 1.82) is 0 Å². The van der Waals surface area contributed by atoms with Crippen molar-refractivity contribution in [3.05, 3.63) is 254 Å². The number of fused-ring (bicyclic) bond motifs is 6. The largest absolute Gasteiger partial charge is 0.454 e. The molecular formula is C79H66N2O2. The number of hydrogen-bond donors (Lipinski definition) is 0. The van der Waals surface area contributed by atoms with Crippen molar-refractivity contribution >= 4 is 110 Å². The molecule has 16 rings (SSSR count). The van der Waals surface area contributed by atoms with Crippen LogP contribution >= 0.6 is 0 Å². The van der Waals surface area contributed by atoms with E-state index in [4.69, 9.17) is 8.83 Å². The molecule has 0 N–H and O–H groups in total. The topological polar surface area (TPSA) is 32.8 Å². The predicted octanol–water partition coefficient (Wildman–Crippen LogP) is 23.9. The number of rotatable bonds is 10. The molecule has 4 heteroatoms. The van der Waals surface area contributed by atoms with E-state index in [-0.39, 0.29) is 0 Å². The molecule has 2 saturated carbocycles. The summed E-state index contributed by atoms with van der Waals surface area (Å²) in [6.45, 7) is 5.25. The lowest BCUT2D eigenvalue weighted by Gasteiger charge is -2.29. The van der Waals surface area contributed by atoms with E-state index < -0.39 is 0 Å². The van der Waals surface area contributed by atoms with Crippen LogP contribution in [0.2, 0.25) is 0 Å². The summed E-state index contributed by atoms with van der Waals surface area (Å²) in [6, 6.07) is 85.4. The standard InChI is InChI=1S/C76H60N2O2.C3H6/c1-5-19-49(20-6-1)55-27-13-29-57(47-55)77(69-37-17-35-63-61-33-15-31-59(73(61)79-75(63)69)51-23-9-3-10-24-51)67-45-41-53-40-44-66-68(46-42-54-39-43-65(67)71(53)72(54)66)78(58-30-14-28-56(48-58)50-21-7-2-8-22-50)70-38-18-36-64-62-34-16-32-60(74(62)80-76(64)70)52-25-11-4-12-26-52;1-3-2/h1-2,5-8,13-22,27-48,51-52H,3-4,9-12,23-26H2;3H,1H2,2H3. The van der Waals surface area contributed by atoms with Gasteiger partial charge in [-0.2, -0.15) is 0 Å². The van der Waals surface area contributed by atoms with Crippen molar-refractivity contribution in [1.82, 2.24) is 0 Å². The quantitative estimate of drug-likeness (QED) is 0.101. The van der Waals surface area contributed by atoms with E-state index in [0.717, 1.165) is 78.4 Å². The second-order valence-corrected chi connectivity index (χ2v) is 23.1. The molecule has 2 fully saturated rings. The van der Waals surface area contributed by atoms with Gasteiger partial charge in [0.05, 0.1) is 22.7 Å². The third-order valence-electron chi connectivity index (χ3n) is 18.2. The molecule has 0 spiro atoms. The van der Waals surface area contributed by atoms with E-state index in [0.29, 0.717) is 11.8 Å². The fraction of sp³-hybridized carbons (Fsp3) is 0.165. The first-order valence-corrected chi connectivity index (χ1v) is 30.2. The number of para-hydroxylation sites is 4. The number of nitrogens with zero attached hydrogens (tertiary/aromatic N) is 2. The van der Waals surface area contributed by atoms with Gasteiger partial charge in [-0.15, -0.1) is 6.58 Å². The Morgan fingerprint density at radius 1 is 0.337 bits per heavy atom. The summed E-state index contributed by atoms with van der Waals surface area (Å²) in [6.07, 6.45) is 14.3. The number of furan rings is 2. The molecule has 2 aromatic heterocycles. The molecule has 14 aromatic rings. The molecule has 0 aliphatic heterocycles. The molecule has 2 aliphatic carbocycles. The van der Waals surface area contributed by atoms with Crippen molar-refractivity contribution in [2.75, 3.05) is 9.80 Å². The van der Waals surface area contributed by atoms with Gasteiger partial charge in [0.1, 0.15) is 11.2 Å². The van der Waals surface area contributed by atoms with Gasteiger partial charge in [-0.3, -0.25) is 0 Å². The van der Waals surface area contributed by atoms with Crippen LogP contribution in [0.4, 0.5) is 34.1 Å². The zero-order valence-corrected chi connectivity index (χ0v) is 47.2. The van der Waals surface area contributed by atoms with Gasteiger partial charge in [-0.25, -0.2) is 0 Å². The third kappa shape index (κ3) is 8.82. The van der Waals surface area contributed by atoms with E-state index in [9.17, 15) is 0 Å². The molecule has 0 unspecified atom stereocenters. The summed E-state index contributed by atoms with van der Waals surface area (Å²) in [5, 5.41) is 11.9. The van der Waals surface area contributed by atoms with Crippen molar-refractivity contribution < 1.29 is 8.83 Å². The molecule has 2 aliphatic rings. The average Bonchev–Trinajstić information content (AvgIpc) is 3.73. The van der Waals surface area contributed by atoms with Crippen LogP contribution < -0.4 is 9.80 Å². The van der Waals surface area contributed by atoms with Crippen LogP contribution in [0.3, 0.4) is 0 Å². The van der Waals surface area contributed by atoms with Gasteiger partial charge in [0.2, 0.25) is 0 Å². The zero-order chi connectivity index (χ0) is 55.4. The van der Waals surface area contributed by atoms with Crippen LogP contribution in [-0.4, -0.2) is 0 Å². The molecule has 0 amide bonds. The van der Waals surface area contributed by atoms with Crippen molar-refractivity contribution in [3.8, 4) is 22.3 Å². The van der Waals surface area contributed by atoms with Crippen LogP contribution in [0.5, 0.6) is 0 Å². The lowest BCUT2D eigenvalue weighted by molar-refractivity contribution is 0.442. The van der Waals surface area contributed by atoms with Crippen LogP contribution in [0.25, 0.3) is 98.4 Å². The Hall–Kier alpha value is -9.38. The molecule has 404 valence electrons. The molecule has 83 heavy (non-hydrogen) atoms. The smallest absolute Gasteiger partial charge is 0.159 e. The Balaban J connectivity index is 0.00000192. The highest BCUT2D eigenvalue weighted by Gasteiger charge is 2.29. The maximum Gasteiger partial charge on any atom is 0.159 e. The highest BCUT2D eigenvalue weighted by Crippen LogP contribution is 2.52. The fourth-order valence-electron chi connectivity index (χ4n) is 14.4. The number of hydrogen-bond acceptors (Lipinski definition) is 4. The molecule has 4 nitrogen and oxygen atoms in total. The van der Waals surface area contributed by atoms with Gasteiger partial charge < -0.3 is 18.6 Å². The first-order chi connectivity index (χ1) is 41.1. The normalized spacial score (nSPS) is 14.3. The van der Waals surface area contributed by atoms with E-state index in [2.05, 4.69) is 247 Å². The van der Waals surface area contributed by atoms with Crippen LogP contribution in [0.15, 0.2) is 252 Å². The summed E-state index contributed by atoms with van der Waals surface area (Å²) < 4.78 is 14.7. The highest BCUT2D eigenvalue weighted by atomic mass is 16.3. The zero-order valence-electron chi connectivity index (χ0n) is 47.2. The molecular weight excluding hydrogens is 1010 g/mol. The molecule has 2 heterocycles. The summed E-state index contributed by atoms with van der Waals surface area (Å²) in [5.74, 6) is 1.01. The van der Waals surface area contributed by atoms with Gasteiger partial charge in [-0.05, 0) is 148 Å². The van der Waals surface area contributed by atoms with E-state index >= 15 is 0 Å². The Morgan fingerprint density at radius 2 is 0.699 bits per heavy atom. The summed E-state index contributed by atoms with van der Waals surface area (Å²) in [5.41, 5.74) is 17.6. The first kappa shape index (κ1) is 50.6. The SMILES string of the molecule is C=CC.c1ccc(-c2cccc(N(c3ccc4ccc5c(N(c6cccc(-c7ccccc7)c6)c6cccc7c6oc6c(C8CCCCC8)cccc67)ccc6ccc3c4c65)c3cccc4c3oc3c(C5CCCCC5)cccc34)c2)cc1. The van der Waals surface area contributed by atoms with E-state index in [1.165, 1.54) is 130 Å². The lowest BCUT2D eigenvalue weighted by atomic mass is 9.83. The second-order valence-electron chi connectivity index (χ2n) is 23.1. The van der Waals surface area contributed by atoms with Crippen LogP contribution in [0, 0.1) is 0 Å². The van der Waals surface area contributed by atoms with Gasteiger partial charge in [0, 0.05) is 43.7 Å². The summed E-state index contributed by atoms with van der Waals surface area (Å²) in [4.78, 5) is 4.94. The van der Waals surface area contributed by atoms with Gasteiger partial charge in [0.15, 0.2) is 11.2 Å². The fourth-order valence-corrected chi connectivity index (χ4v) is 14.4. The van der Waals surface area contributed by atoms with Crippen molar-refractivity contribution in [2.24, 2.45) is 0 Å². The highest BCUT2D eigenvalue weighted by molar-refractivity contribution is 6.29. The minimum absolute atomic E-state index is 0.507. The predicted molar refractivity (Wildman–Crippen MR) is 352 cm³/mol. The Labute approximate surface area is 485 Å². The number of anilines is 6. The Morgan fingerprint density at radius 3 is 1.12 bits per heavy atom. The molecule has 0 bridgehead atoms. The van der Waals surface area contributed by atoms with Crippen LogP contribution in [0.1, 0.15) is 94.1 Å². The molecule has 0 radical (unpaired) electrons. The molecule has 12 aromatic carbocycles. The minimum atomic E-state index is 0.507. The summed E-state index contributed by atoms with van der Waals surface area (Å²) in [7, 11) is 0. The molecule has 0 atom stereocenters. The maximum atomic E-state index is 7.33. The minimum Gasteiger partial charge on any atom is -0.454 e. The Kier molecular flexibility index (Phi) is 13.1. The van der Waals surface area contributed by atoms with Gasteiger partial charge in [-0.1, -0.05) is 227 Å². The van der Waals surface area contributed by atoms with E-state index in [1.54, 1.807) is 6.08 Å². The van der Waals surface area contributed by atoms with Gasteiger partial charge >= 0.3 is 0 Å². The van der Waals surface area contributed by atoms with Crippen molar-refractivity contribution in [2.45, 2.75) is 83.0 Å². The van der Waals surface area contributed by atoms with Crippen LogP contribution in [-0.2, 0) is 0 Å². The first-order valence-electron chi connectivity index (χ1n) is 30.2. The number of benzene rings is 12. The summed E-state index contributed by atoms with van der Waals surface area (Å²) >= 11 is 0. The van der Waals surface area contributed by atoms with Crippen molar-refractivity contribution in [3.63, 3.8) is 0 Å². The number of allylic oxidation sites excluding steroid dienone is 1. The third-order valence-corrected chi connectivity index (χ3v) is 18.2. The maximum absolute atomic E-state index is 7.33. The Bertz CT molecular complexity index is 4390.